The van der Waals surface area contributed by atoms with E-state index in [-0.39, 0.29) is 11.9 Å². The van der Waals surface area contributed by atoms with Crippen molar-refractivity contribution < 1.29 is 4.79 Å². The number of hydrogen-bond acceptors (Lipinski definition) is 3. The minimum Gasteiger partial charge on any atom is -0.369 e. The van der Waals surface area contributed by atoms with Crippen molar-refractivity contribution in [2.45, 2.75) is 45.6 Å². The number of halogens is 1. The molecule has 0 saturated heterocycles. The maximum atomic E-state index is 12.1. The third-order valence-electron chi connectivity index (χ3n) is 3.41. The van der Waals surface area contributed by atoms with Crippen molar-refractivity contribution in [3.63, 3.8) is 0 Å². The summed E-state index contributed by atoms with van der Waals surface area (Å²) >= 11 is 6.14. The number of anilines is 1. The molecule has 110 valence electrons. The molecule has 1 unspecified atom stereocenters. The predicted octanol–water partition coefficient (Wildman–Crippen LogP) is 3.48. The maximum absolute atomic E-state index is 12.1. The van der Waals surface area contributed by atoms with Gasteiger partial charge in [-0.05, 0) is 31.7 Å². The van der Waals surface area contributed by atoms with Gasteiger partial charge in [-0.1, -0.05) is 31.4 Å². The van der Waals surface area contributed by atoms with Crippen molar-refractivity contribution in [1.29, 1.82) is 0 Å². The second-order valence-corrected chi connectivity index (χ2v) is 5.94. The Morgan fingerprint density at radius 2 is 2.30 bits per heavy atom. The van der Waals surface area contributed by atoms with E-state index >= 15 is 0 Å². The number of nitrogens with zero attached hydrogens (tertiary/aromatic N) is 1. The Bertz CT molecular complexity index is 474. The Labute approximate surface area is 125 Å². The smallest absolute Gasteiger partial charge is 0.253 e. The van der Waals surface area contributed by atoms with Gasteiger partial charge in [0, 0.05) is 18.8 Å². The molecule has 1 aliphatic rings. The highest BCUT2D eigenvalue weighted by molar-refractivity contribution is 6.33. The molecule has 2 rings (SSSR count). The second-order valence-electron chi connectivity index (χ2n) is 5.53. The first kappa shape index (κ1) is 15.1. The molecule has 20 heavy (non-hydrogen) atoms. The van der Waals surface area contributed by atoms with Gasteiger partial charge in [0.05, 0.1) is 10.6 Å². The molecule has 1 amide bonds. The minimum atomic E-state index is -0.102. The summed E-state index contributed by atoms with van der Waals surface area (Å²) in [6, 6.07) is 1.87. The van der Waals surface area contributed by atoms with Crippen LogP contribution in [-0.4, -0.2) is 23.5 Å². The molecule has 1 fully saturated rings. The van der Waals surface area contributed by atoms with Gasteiger partial charge in [-0.2, -0.15) is 0 Å². The summed E-state index contributed by atoms with van der Waals surface area (Å²) in [7, 11) is 0. The molecule has 4 nitrogen and oxygen atoms in total. The monoisotopic (exact) mass is 295 g/mol. The Balaban J connectivity index is 1.93. The molecular weight excluding hydrogens is 274 g/mol. The molecule has 1 aromatic heterocycles. The summed E-state index contributed by atoms with van der Waals surface area (Å²) in [4.78, 5) is 16.3. The molecule has 1 aromatic rings. The summed E-state index contributed by atoms with van der Waals surface area (Å²) in [6.45, 7) is 4.93. The zero-order chi connectivity index (χ0) is 14.5. The Morgan fingerprint density at radius 3 is 2.90 bits per heavy atom. The highest BCUT2D eigenvalue weighted by atomic mass is 35.5. The van der Waals surface area contributed by atoms with Crippen LogP contribution in [0.5, 0.6) is 0 Å². The van der Waals surface area contributed by atoms with Gasteiger partial charge in [-0.25, -0.2) is 4.98 Å². The molecule has 0 radical (unpaired) electrons. The molecule has 2 N–H and O–H groups in total. The van der Waals surface area contributed by atoms with Crippen LogP contribution in [0.1, 0.15) is 49.9 Å². The average molecular weight is 296 g/mol. The lowest BCUT2D eigenvalue weighted by Crippen LogP contribution is -2.33. The van der Waals surface area contributed by atoms with E-state index in [0.29, 0.717) is 16.4 Å². The predicted molar refractivity (Wildman–Crippen MR) is 82.3 cm³/mol. The molecular formula is C15H22ClN3O. The Hall–Kier alpha value is -1.29. The summed E-state index contributed by atoms with van der Waals surface area (Å²) in [5.74, 6) is 1.33. The molecule has 1 atom stereocenters. The van der Waals surface area contributed by atoms with E-state index in [2.05, 4.69) is 22.5 Å². The molecule has 1 heterocycles. The summed E-state index contributed by atoms with van der Waals surface area (Å²) in [5, 5.41) is 6.62. The third kappa shape index (κ3) is 4.37. The fourth-order valence-electron chi connectivity index (χ4n) is 2.16. The number of aromatic nitrogens is 1. The molecule has 5 heteroatoms. The Morgan fingerprint density at radius 1 is 1.55 bits per heavy atom. The second kappa shape index (κ2) is 6.93. The first-order valence-electron chi connectivity index (χ1n) is 7.30. The van der Waals surface area contributed by atoms with Crippen LogP contribution in [0.25, 0.3) is 0 Å². The van der Waals surface area contributed by atoms with Crippen LogP contribution >= 0.6 is 11.6 Å². The summed E-state index contributed by atoms with van der Waals surface area (Å²) < 4.78 is 0. The van der Waals surface area contributed by atoms with E-state index in [9.17, 15) is 4.79 Å². The van der Waals surface area contributed by atoms with Crippen LogP contribution < -0.4 is 10.6 Å². The Kier molecular flexibility index (Phi) is 5.24. The van der Waals surface area contributed by atoms with Gasteiger partial charge in [0.1, 0.15) is 5.82 Å². The molecule has 1 saturated carbocycles. The number of amides is 1. The van der Waals surface area contributed by atoms with Crippen molar-refractivity contribution in [2.75, 3.05) is 11.9 Å². The van der Waals surface area contributed by atoms with E-state index in [1.807, 2.05) is 6.92 Å². The molecule has 0 aliphatic heterocycles. The first-order valence-corrected chi connectivity index (χ1v) is 7.68. The van der Waals surface area contributed by atoms with E-state index in [1.54, 1.807) is 12.3 Å². The first-order chi connectivity index (χ1) is 9.60. The van der Waals surface area contributed by atoms with E-state index in [0.717, 1.165) is 25.3 Å². The molecule has 0 spiro atoms. The largest absolute Gasteiger partial charge is 0.369 e. The lowest BCUT2D eigenvalue weighted by atomic mass is 10.1. The third-order valence-corrected chi connectivity index (χ3v) is 3.70. The van der Waals surface area contributed by atoms with Gasteiger partial charge in [0.25, 0.3) is 5.91 Å². The fourth-order valence-corrected chi connectivity index (χ4v) is 2.39. The highest BCUT2D eigenvalue weighted by Gasteiger charge is 2.24. The van der Waals surface area contributed by atoms with Crippen LogP contribution in [0.2, 0.25) is 5.02 Å². The SMILES string of the molecule is CCCNc1ncc(C(=O)NC(C)CC2CC2)cc1Cl. The molecule has 0 bridgehead atoms. The van der Waals surface area contributed by atoms with Crippen LogP contribution in [-0.2, 0) is 0 Å². The van der Waals surface area contributed by atoms with Gasteiger partial charge in [-0.3, -0.25) is 4.79 Å². The van der Waals surface area contributed by atoms with Crippen molar-refractivity contribution in [1.82, 2.24) is 10.3 Å². The standard InChI is InChI=1S/C15H22ClN3O/c1-3-6-17-14-13(16)8-12(9-18-14)15(20)19-10(2)7-11-4-5-11/h8-11H,3-7H2,1-2H3,(H,17,18)(H,19,20). The maximum Gasteiger partial charge on any atom is 0.253 e. The lowest BCUT2D eigenvalue weighted by Gasteiger charge is -2.14. The average Bonchev–Trinajstić information content (AvgIpc) is 3.20. The van der Waals surface area contributed by atoms with Crippen molar-refractivity contribution in [3.8, 4) is 0 Å². The lowest BCUT2D eigenvalue weighted by molar-refractivity contribution is 0.0937. The quantitative estimate of drug-likeness (QED) is 0.810. The number of carbonyl (C=O) groups excluding carboxylic acids is 1. The zero-order valence-corrected chi connectivity index (χ0v) is 12.8. The highest BCUT2D eigenvalue weighted by Crippen LogP contribution is 2.33. The van der Waals surface area contributed by atoms with Gasteiger partial charge < -0.3 is 10.6 Å². The fraction of sp³-hybridized carbons (Fsp3) is 0.600. The number of hydrogen-bond donors (Lipinski definition) is 2. The van der Waals surface area contributed by atoms with E-state index < -0.39 is 0 Å². The normalized spacial score (nSPS) is 15.8. The van der Waals surface area contributed by atoms with E-state index in [1.165, 1.54) is 12.8 Å². The van der Waals surface area contributed by atoms with Crippen molar-refractivity contribution >= 4 is 23.3 Å². The van der Waals surface area contributed by atoms with Crippen LogP contribution in [0.3, 0.4) is 0 Å². The van der Waals surface area contributed by atoms with Crippen molar-refractivity contribution in [3.05, 3.63) is 22.8 Å². The minimum absolute atomic E-state index is 0.102. The van der Waals surface area contributed by atoms with Gasteiger partial charge >= 0.3 is 0 Å². The summed E-state index contributed by atoms with van der Waals surface area (Å²) in [5.41, 5.74) is 0.514. The topological polar surface area (TPSA) is 54.0 Å². The van der Waals surface area contributed by atoms with Gasteiger partial charge in [-0.15, -0.1) is 0 Å². The van der Waals surface area contributed by atoms with Crippen LogP contribution in [0.4, 0.5) is 5.82 Å². The number of pyridine rings is 1. The number of carbonyl (C=O) groups is 1. The van der Waals surface area contributed by atoms with Gasteiger partial charge in [0.15, 0.2) is 0 Å². The number of rotatable bonds is 7. The van der Waals surface area contributed by atoms with Crippen molar-refractivity contribution in [2.24, 2.45) is 5.92 Å². The summed E-state index contributed by atoms with van der Waals surface area (Å²) in [6.07, 6.45) is 6.22. The zero-order valence-electron chi connectivity index (χ0n) is 12.1. The van der Waals surface area contributed by atoms with Gasteiger partial charge in [0.2, 0.25) is 0 Å². The number of nitrogens with one attached hydrogen (secondary N) is 2. The molecule has 1 aliphatic carbocycles. The van der Waals surface area contributed by atoms with Crippen LogP contribution in [0.15, 0.2) is 12.3 Å². The van der Waals surface area contributed by atoms with E-state index in [4.69, 9.17) is 11.6 Å². The molecule has 0 aromatic carbocycles. The van der Waals surface area contributed by atoms with Crippen LogP contribution in [0, 0.1) is 5.92 Å².